The number of aromatic nitrogens is 2. The van der Waals surface area contributed by atoms with Crippen LogP contribution in [-0.4, -0.2) is 34.3 Å². The number of hydrogen-bond donors (Lipinski definition) is 1. The summed E-state index contributed by atoms with van der Waals surface area (Å²) >= 11 is 5.22. The average molecular weight is 392 g/mol. The van der Waals surface area contributed by atoms with Crippen molar-refractivity contribution < 1.29 is 0 Å². The maximum absolute atomic E-state index is 4.57. The molecule has 0 aliphatic heterocycles. The molecule has 3 rings (SSSR count). The van der Waals surface area contributed by atoms with Crippen LogP contribution in [0.3, 0.4) is 0 Å². The normalized spacial score (nSPS) is 11.9. The molecule has 23 heavy (non-hydrogen) atoms. The maximum Gasteiger partial charge on any atom is 0.194 e. The van der Waals surface area contributed by atoms with Crippen LogP contribution < -0.4 is 5.32 Å². The SMILES string of the molecule is CN=C(NCc1cn2ccsc2n1)N(C)Cc1ccccc1Br. The molecule has 0 bridgehead atoms. The first kappa shape index (κ1) is 16.0. The zero-order valence-electron chi connectivity index (χ0n) is 13.0. The molecule has 7 heteroatoms. The smallest absolute Gasteiger partial charge is 0.194 e. The lowest BCUT2D eigenvalue weighted by Gasteiger charge is -2.22. The fourth-order valence-corrected chi connectivity index (χ4v) is 3.50. The van der Waals surface area contributed by atoms with E-state index in [-0.39, 0.29) is 0 Å². The van der Waals surface area contributed by atoms with E-state index in [1.54, 1.807) is 18.4 Å². The Hall–Kier alpha value is -1.86. The van der Waals surface area contributed by atoms with Crippen molar-refractivity contribution in [1.29, 1.82) is 0 Å². The molecule has 0 unspecified atom stereocenters. The summed E-state index contributed by atoms with van der Waals surface area (Å²) in [5.74, 6) is 0.845. The van der Waals surface area contributed by atoms with Gasteiger partial charge in [0.15, 0.2) is 10.9 Å². The van der Waals surface area contributed by atoms with Gasteiger partial charge in [0.2, 0.25) is 0 Å². The number of rotatable bonds is 4. The summed E-state index contributed by atoms with van der Waals surface area (Å²) in [6.45, 7) is 1.43. The molecule has 0 saturated carbocycles. The lowest BCUT2D eigenvalue weighted by molar-refractivity contribution is 0.475. The number of aliphatic imine (C=N–C) groups is 1. The van der Waals surface area contributed by atoms with E-state index in [2.05, 4.69) is 48.3 Å². The quantitative estimate of drug-likeness (QED) is 0.547. The summed E-state index contributed by atoms with van der Waals surface area (Å²) in [6, 6.07) is 8.22. The Labute approximate surface area is 147 Å². The molecule has 0 aliphatic rings. The van der Waals surface area contributed by atoms with Gasteiger partial charge in [-0.2, -0.15) is 0 Å². The Balaban J connectivity index is 1.63. The minimum Gasteiger partial charge on any atom is -0.351 e. The molecule has 0 spiro atoms. The van der Waals surface area contributed by atoms with Gasteiger partial charge in [0.25, 0.3) is 0 Å². The number of imidazole rings is 1. The third kappa shape index (κ3) is 3.73. The zero-order valence-corrected chi connectivity index (χ0v) is 15.4. The van der Waals surface area contributed by atoms with Gasteiger partial charge < -0.3 is 10.2 Å². The number of hydrogen-bond acceptors (Lipinski definition) is 3. The second kappa shape index (κ2) is 7.14. The van der Waals surface area contributed by atoms with Crippen molar-refractivity contribution >= 4 is 38.2 Å². The molecule has 3 aromatic rings. The Morgan fingerprint density at radius 2 is 2.26 bits per heavy atom. The van der Waals surface area contributed by atoms with Crippen LogP contribution in [0.25, 0.3) is 4.96 Å². The van der Waals surface area contributed by atoms with Gasteiger partial charge in [-0.05, 0) is 11.6 Å². The molecule has 0 atom stereocenters. The first-order chi connectivity index (χ1) is 11.2. The number of nitrogens with one attached hydrogen (secondary N) is 1. The van der Waals surface area contributed by atoms with Gasteiger partial charge in [0.1, 0.15) is 0 Å². The summed E-state index contributed by atoms with van der Waals surface area (Å²) in [5.41, 5.74) is 2.23. The minimum atomic E-state index is 0.654. The Morgan fingerprint density at radius 1 is 1.43 bits per heavy atom. The molecule has 0 saturated heterocycles. The zero-order chi connectivity index (χ0) is 16.2. The molecule has 2 aromatic heterocycles. The van der Waals surface area contributed by atoms with E-state index in [1.165, 1.54) is 5.56 Å². The Bertz CT molecular complexity index is 794. The molecule has 120 valence electrons. The van der Waals surface area contributed by atoms with E-state index in [4.69, 9.17) is 0 Å². The highest BCUT2D eigenvalue weighted by molar-refractivity contribution is 9.10. The molecule has 0 amide bonds. The van der Waals surface area contributed by atoms with Crippen molar-refractivity contribution in [3.63, 3.8) is 0 Å². The summed E-state index contributed by atoms with van der Waals surface area (Å²) in [5, 5.41) is 5.40. The fraction of sp³-hybridized carbons (Fsp3) is 0.250. The molecule has 5 nitrogen and oxygen atoms in total. The predicted molar refractivity (Wildman–Crippen MR) is 98.9 cm³/mol. The lowest BCUT2D eigenvalue weighted by Crippen LogP contribution is -2.38. The number of nitrogens with zero attached hydrogens (tertiary/aromatic N) is 4. The van der Waals surface area contributed by atoms with Gasteiger partial charge in [-0.25, -0.2) is 4.98 Å². The number of guanidine groups is 1. The van der Waals surface area contributed by atoms with Crippen LogP contribution in [-0.2, 0) is 13.1 Å². The Kier molecular flexibility index (Phi) is 4.97. The standard InChI is InChI=1S/C16H18BrN5S/c1-18-15(21(2)10-12-5-3-4-6-14(12)17)19-9-13-11-22-7-8-23-16(22)20-13/h3-8,11H,9-10H2,1-2H3,(H,18,19). The molecular formula is C16H18BrN5S. The van der Waals surface area contributed by atoms with Crippen LogP contribution >= 0.6 is 27.3 Å². The summed E-state index contributed by atoms with van der Waals surface area (Å²) in [6.07, 6.45) is 4.06. The number of benzene rings is 1. The number of fused-ring (bicyclic) bond motifs is 1. The van der Waals surface area contributed by atoms with Gasteiger partial charge in [0.05, 0.1) is 12.2 Å². The van der Waals surface area contributed by atoms with Crippen molar-refractivity contribution in [2.24, 2.45) is 4.99 Å². The molecule has 1 aromatic carbocycles. The van der Waals surface area contributed by atoms with Crippen LogP contribution in [0.5, 0.6) is 0 Å². The van der Waals surface area contributed by atoms with E-state index >= 15 is 0 Å². The highest BCUT2D eigenvalue weighted by Gasteiger charge is 2.09. The molecule has 2 heterocycles. The van der Waals surface area contributed by atoms with E-state index in [0.717, 1.165) is 27.6 Å². The lowest BCUT2D eigenvalue weighted by atomic mass is 10.2. The highest BCUT2D eigenvalue weighted by atomic mass is 79.9. The third-order valence-corrected chi connectivity index (χ3v) is 5.05. The number of thiazole rings is 1. The molecule has 0 radical (unpaired) electrons. The van der Waals surface area contributed by atoms with Crippen LogP contribution in [0.1, 0.15) is 11.3 Å². The van der Waals surface area contributed by atoms with E-state index < -0.39 is 0 Å². The second-order valence-corrected chi connectivity index (χ2v) is 6.90. The van der Waals surface area contributed by atoms with Gasteiger partial charge >= 0.3 is 0 Å². The van der Waals surface area contributed by atoms with Crippen molar-refractivity contribution in [3.8, 4) is 0 Å². The maximum atomic E-state index is 4.57. The second-order valence-electron chi connectivity index (χ2n) is 5.17. The highest BCUT2D eigenvalue weighted by Crippen LogP contribution is 2.17. The number of halogens is 1. The minimum absolute atomic E-state index is 0.654. The molecule has 1 N–H and O–H groups in total. The third-order valence-electron chi connectivity index (χ3n) is 3.51. The van der Waals surface area contributed by atoms with Crippen LogP contribution in [0.4, 0.5) is 0 Å². The van der Waals surface area contributed by atoms with E-state index in [0.29, 0.717) is 6.54 Å². The molecule has 0 aliphatic carbocycles. The van der Waals surface area contributed by atoms with Crippen molar-refractivity contribution in [2.75, 3.05) is 14.1 Å². The monoisotopic (exact) mass is 391 g/mol. The van der Waals surface area contributed by atoms with E-state index in [9.17, 15) is 0 Å². The Morgan fingerprint density at radius 3 is 3.00 bits per heavy atom. The molecular weight excluding hydrogens is 374 g/mol. The van der Waals surface area contributed by atoms with Crippen molar-refractivity contribution in [1.82, 2.24) is 19.6 Å². The topological polar surface area (TPSA) is 44.9 Å². The van der Waals surface area contributed by atoms with Crippen LogP contribution in [0.15, 0.2) is 51.5 Å². The average Bonchev–Trinajstić information content (AvgIpc) is 3.11. The molecule has 0 fully saturated rings. The van der Waals surface area contributed by atoms with Crippen LogP contribution in [0.2, 0.25) is 0 Å². The summed E-state index contributed by atoms with van der Waals surface area (Å²) in [4.78, 5) is 12.0. The summed E-state index contributed by atoms with van der Waals surface area (Å²) in [7, 11) is 3.82. The van der Waals surface area contributed by atoms with E-state index in [1.807, 2.05) is 41.4 Å². The van der Waals surface area contributed by atoms with Crippen molar-refractivity contribution in [3.05, 3.63) is 57.8 Å². The van der Waals surface area contributed by atoms with Gasteiger partial charge in [-0.1, -0.05) is 34.1 Å². The largest absolute Gasteiger partial charge is 0.351 e. The predicted octanol–water partition coefficient (Wildman–Crippen LogP) is 3.37. The first-order valence-corrected chi connectivity index (χ1v) is 8.91. The van der Waals surface area contributed by atoms with Gasteiger partial charge in [0, 0.05) is 42.9 Å². The van der Waals surface area contributed by atoms with Gasteiger partial charge in [-0.15, -0.1) is 11.3 Å². The van der Waals surface area contributed by atoms with Crippen molar-refractivity contribution in [2.45, 2.75) is 13.1 Å². The fourth-order valence-electron chi connectivity index (χ4n) is 2.37. The van der Waals surface area contributed by atoms with Crippen LogP contribution in [0, 0.1) is 0 Å². The first-order valence-electron chi connectivity index (χ1n) is 7.23. The van der Waals surface area contributed by atoms with Gasteiger partial charge in [-0.3, -0.25) is 9.39 Å². The summed E-state index contributed by atoms with van der Waals surface area (Å²) < 4.78 is 3.14.